The van der Waals surface area contributed by atoms with Crippen LogP contribution < -0.4 is 10.9 Å². The molecular formula is C24H27N3OS. The number of H-pyrrole nitrogens is 1. The third-order valence-electron chi connectivity index (χ3n) is 5.72. The van der Waals surface area contributed by atoms with E-state index >= 15 is 0 Å². The molecule has 150 valence electrons. The zero-order valence-corrected chi connectivity index (χ0v) is 17.6. The van der Waals surface area contributed by atoms with E-state index in [1.54, 1.807) is 0 Å². The smallest absolute Gasteiger partial charge is 0.253 e. The fourth-order valence-electron chi connectivity index (χ4n) is 4.14. The van der Waals surface area contributed by atoms with Crippen molar-refractivity contribution in [2.24, 2.45) is 0 Å². The maximum Gasteiger partial charge on any atom is 0.253 e. The maximum atomic E-state index is 12.8. The van der Waals surface area contributed by atoms with Gasteiger partial charge in [0, 0.05) is 22.8 Å². The Labute approximate surface area is 176 Å². The van der Waals surface area contributed by atoms with Crippen molar-refractivity contribution in [2.75, 3.05) is 5.32 Å². The predicted molar refractivity (Wildman–Crippen MR) is 124 cm³/mol. The molecule has 0 atom stereocenters. The van der Waals surface area contributed by atoms with Gasteiger partial charge >= 0.3 is 0 Å². The lowest BCUT2D eigenvalue weighted by molar-refractivity contribution is 0.240. The molecule has 4 nitrogen and oxygen atoms in total. The summed E-state index contributed by atoms with van der Waals surface area (Å²) in [5.74, 6) is 0. The van der Waals surface area contributed by atoms with Gasteiger partial charge in [-0.1, -0.05) is 49.6 Å². The molecule has 29 heavy (non-hydrogen) atoms. The van der Waals surface area contributed by atoms with E-state index in [0.29, 0.717) is 17.7 Å². The van der Waals surface area contributed by atoms with Gasteiger partial charge in [0.1, 0.15) is 0 Å². The van der Waals surface area contributed by atoms with Gasteiger partial charge in [-0.25, -0.2) is 0 Å². The van der Waals surface area contributed by atoms with Gasteiger partial charge in [-0.15, -0.1) is 0 Å². The highest BCUT2D eigenvalue weighted by Gasteiger charge is 2.24. The lowest BCUT2D eigenvalue weighted by Gasteiger charge is -2.36. The van der Waals surface area contributed by atoms with E-state index in [9.17, 15) is 4.79 Å². The summed E-state index contributed by atoms with van der Waals surface area (Å²) in [6.07, 6.45) is 5.92. The van der Waals surface area contributed by atoms with Crippen molar-refractivity contribution in [3.05, 3.63) is 76.1 Å². The first-order chi connectivity index (χ1) is 14.1. The average molecular weight is 406 g/mol. The number of nitrogens with one attached hydrogen (secondary N) is 2. The largest absolute Gasteiger partial charge is 0.342 e. The van der Waals surface area contributed by atoms with Crippen LogP contribution in [-0.4, -0.2) is 21.0 Å². The van der Waals surface area contributed by atoms with Gasteiger partial charge < -0.3 is 15.2 Å². The molecular weight excluding hydrogens is 378 g/mol. The molecule has 0 bridgehead atoms. The Kier molecular flexibility index (Phi) is 5.95. The Balaban J connectivity index is 1.63. The van der Waals surface area contributed by atoms with Crippen LogP contribution in [0.2, 0.25) is 0 Å². The van der Waals surface area contributed by atoms with E-state index in [1.807, 2.05) is 49.4 Å². The minimum atomic E-state index is -0.0357. The van der Waals surface area contributed by atoms with Crippen molar-refractivity contribution in [3.8, 4) is 0 Å². The molecule has 0 amide bonds. The molecule has 1 aliphatic rings. The number of aryl methyl sites for hydroxylation is 1. The van der Waals surface area contributed by atoms with E-state index in [0.717, 1.165) is 40.6 Å². The van der Waals surface area contributed by atoms with Crippen molar-refractivity contribution >= 4 is 33.9 Å². The van der Waals surface area contributed by atoms with Crippen molar-refractivity contribution in [3.63, 3.8) is 0 Å². The summed E-state index contributed by atoms with van der Waals surface area (Å²) in [4.78, 5) is 18.1. The molecule has 0 spiro atoms. The monoisotopic (exact) mass is 405 g/mol. The van der Waals surface area contributed by atoms with E-state index in [-0.39, 0.29) is 5.56 Å². The van der Waals surface area contributed by atoms with Crippen LogP contribution in [0.1, 0.15) is 43.2 Å². The average Bonchev–Trinajstić information content (AvgIpc) is 2.73. The summed E-state index contributed by atoms with van der Waals surface area (Å²) in [5, 5.41) is 5.11. The summed E-state index contributed by atoms with van der Waals surface area (Å²) in [6.45, 7) is 2.55. The van der Waals surface area contributed by atoms with Crippen LogP contribution in [-0.2, 0) is 6.54 Å². The SMILES string of the molecule is Cc1ccc2cc(CN(C(=S)Nc3ccccc3)C3CCCCC3)c(=O)[nH]c2c1. The molecule has 0 saturated heterocycles. The zero-order chi connectivity index (χ0) is 20.2. The van der Waals surface area contributed by atoms with E-state index in [4.69, 9.17) is 12.2 Å². The Morgan fingerprint density at radius 3 is 2.62 bits per heavy atom. The first-order valence-corrected chi connectivity index (χ1v) is 10.8. The van der Waals surface area contributed by atoms with Crippen LogP contribution in [0.25, 0.3) is 10.9 Å². The predicted octanol–water partition coefficient (Wildman–Crippen LogP) is 5.37. The standard InChI is InChI=1S/C24H27N3OS/c1-17-12-13-18-15-19(23(28)26-22(18)14-17)16-27(21-10-6-3-7-11-21)24(29)25-20-8-4-2-5-9-20/h2,4-5,8-9,12-15,21H,3,6-7,10-11,16H2,1H3,(H,25,29)(H,26,28). The van der Waals surface area contributed by atoms with Gasteiger partial charge in [-0.2, -0.15) is 0 Å². The summed E-state index contributed by atoms with van der Waals surface area (Å²) in [5.41, 5.74) is 3.71. The first kappa shape index (κ1) is 19.6. The second-order valence-corrected chi connectivity index (χ2v) is 8.32. The minimum absolute atomic E-state index is 0.0357. The Morgan fingerprint density at radius 1 is 1.10 bits per heavy atom. The molecule has 3 aromatic rings. The van der Waals surface area contributed by atoms with E-state index in [2.05, 4.69) is 27.3 Å². The fourth-order valence-corrected chi connectivity index (χ4v) is 4.47. The van der Waals surface area contributed by atoms with Crippen LogP contribution in [0.4, 0.5) is 5.69 Å². The van der Waals surface area contributed by atoms with Crippen molar-refractivity contribution in [1.82, 2.24) is 9.88 Å². The van der Waals surface area contributed by atoms with Crippen molar-refractivity contribution < 1.29 is 0 Å². The number of hydrogen-bond donors (Lipinski definition) is 2. The number of benzene rings is 2. The molecule has 0 radical (unpaired) electrons. The minimum Gasteiger partial charge on any atom is -0.342 e. The zero-order valence-electron chi connectivity index (χ0n) is 16.8. The number of pyridine rings is 1. The third-order valence-corrected chi connectivity index (χ3v) is 6.06. The van der Waals surface area contributed by atoms with Gasteiger partial charge in [0.15, 0.2) is 5.11 Å². The van der Waals surface area contributed by atoms with Crippen LogP contribution in [0.3, 0.4) is 0 Å². The quantitative estimate of drug-likeness (QED) is 0.573. The van der Waals surface area contributed by atoms with Gasteiger partial charge in [-0.3, -0.25) is 4.79 Å². The highest BCUT2D eigenvalue weighted by Crippen LogP contribution is 2.25. The molecule has 1 aliphatic carbocycles. The Morgan fingerprint density at radius 2 is 1.86 bits per heavy atom. The molecule has 2 N–H and O–H groups in total. The molecule has 5 heteroatoms. The number of aromatic nitrogens is 1. The van der Waals surface area contributed by atoms with Gasteiger partial charge in [-0.05, 0) is 67.2 Å². The Bertz CT molecular complexity index is 1050. The number of aromatic amines is 1. The number of hydrogen-bond acceptors (Lipinski definition) is 2. The molecule has 4 rings (SSSR count). The van der Waals surface area contributed by atoms with Crippen LogP contribution in [0, 0.1) is 6.92 Å². The number of nitrogens with zero attached hydrogens (tertiary/aromatic N) is 1. The van der Waals surface area contributed by atoms with Crippen LogP contribution >= 0.6 is 12.2 Å². The van der Waals surface area contributed by atoms with Crippen LogP contribution in [0.5, 0.6) is 0 Å². The summed E-state index contributed by atoms with van der Waals surface area (Å²) in [6, 6.07) is 18.5. The maximum absolute atomic E-state index is 12.8. The first-order valence-electron chi connectivity index (χ1n) is 10.4. The normalized spacial score (nSPS) is 14.7. The molecule has 1 heterocycles. The summed E-state index contributed by atoms with van der Waals surface area (Å²) < 4.78 is 0. The van der Waals surface area contributed by atoms with E-state index in [1.165, 1.54) is 19.3 Å². The molecule has 2 aromatic carbocycles. The lowest BCUT2D eigenvalue weighted by Crippen LogP contribution is -2.44. The number of thiocarbonyl (C=S) groups is 1. The van der Waals surface area contributed by atoms with Crippen LogP contribution in [0.15, 0.2) is 59.4 Å². The molecule has 0 aliphatic heterocycles. The third kappa shape index (κ3) is 4.67. The van der Waals surface area contributed by atoms with Gasteiger partial charge in [0.25, 0.3) is 5.56 Å². The van der Waals surface area contributed by atoms with E-state index < -0.39 is 0 Å². The fraction of sp³-hybridized carbons (Fsp3) is 0.333. The number of anilines is 1. The number of rotatable bonds is 4. The van der Waals surface area contributed by atoms with Crippen molar-refractivity contribution in [2.45, 2.75) is 51.6 Å². The second kappa shape index (κ2) is 8.78. The summed E-state index contributed by atoms with van der Waals surface area (Å²) in [7, 11) is 0. The Hall–Kier alpha value is -2.66. The highest BCUT2D eigenvalue weighted by molar-refractivity contribution is 7.80. The number of fused-ring (bicyclic) bond motifs is 1. The molecule has 1 aromatic heterocycles. The molecule has 1 saturated carbocycles. The van der Waals surface area contributed by atoms with Crippen molar-refractivity contribution in [1.29, 1.82) is 0 Å². The summed E-state index contributed by atoms with van der Waals surface area (Å²) >= 11 is 5.80. The molecule has 0 unspecified atom stereocenters. The second-order valence-electron chi connectivity index (χ2n) is 7.93. The molecule has 1 fully saturated rings. The van der Waals surface area contributed by atoms with Gasteiger partial charge in [0.05, 0.1) is 6.54 Å². The lowest BCUT2D eigenvalue weighted by atomic mass is 9.94. The van der Waals surface area contributed by atoms with Gasteiger partial charge in [0.2, 0.25) is 0 Å². The highest BCUT2D eigenvalue weighted by atomic mass is 32.1. The number of para-hydroxylation sites is 1. The topological polar surface area (TPSA) is 48.1 Å².